The van der Waals surface area contributed by atoms with E-state index in [0.717, 1.165) is 38.9 Å². The van der Waals surface area contributed by atoms with Crippen LogP contribution in [0.3, 0.4) is 0 Å². The third-order valence-corrected chi connectivity index (χ3v) is 6.02. The van der Waals surface area contributed by atoms with Crippen LogP contribution in [0.2, 0.25) is 0 Å². The fourth-order valence-corrected chi connectivity index (χ4v) is 3.97. The molecule has 0 bridgehead atoms. The summed E-state index contributed by atoms with van der Waals surface area (Å²) in [6.45, 7) is 0.327. The number of fused-ring (bicyclic) bond motifs is 2. The van der Waals surface area contributed by atoms with Gasteiger partial charge in [0, 0.05) is 37.3 Å². The van der Waals surface area contributed by atoms with Gasteiger partial charge in [-0.25, -0.2) is 13.7 Å². The monoisotopic (exact) mass is 447 g/mol. The molecule has 0 fully saturated rings. The topological polar surface area (TPSA) is 101 Å². The van der Waals surface area contributed by atoms with E-state index in [1.165, 1.54) is 4.31 Å². The smallest absolute Gasteiger partial charge is 0.245 e. The second-order valence-corrected chi connectivity index (χ2v) is 8.56. The van der Waals surface area contributed by atoms with E-state index in [9.17, 15) is 8.76 Å². The number of hydrogen-bond donors (Lipinski definition) is 2. The van der Waals surface area contributed by atoms with Crippen molar-refractivity contribution in [3.63, 3.8) is 0 Å². The van der Waals surface area contributed by atoms with Crippen LogP contribution < -0.4 is 5.32 Å². The van der Waals surface area contributed by atoms with Gasteiger partial charge in [0.05, 0.1) is 29.1 Å². The van der Waals surface area contributed by atoms with E-state index < -0.39 is 11.3 Å². The summed E-state index contributed by atoms with van der Waals surface area (Å²) in [5.41, 5.74) is 5.46. The molecule has 0 spiro atoms. The molecule has 0 amide bonds. The maximum Gasteiger partial charge on any atom is 0.245 e. The maximum atomic E-state index is 11.4. The molecule has 0 aliphatic rings. The minimum Gasteiger partial charge on any atom is -0.323 e. The number of nitrogens with one attached hydrogen (secondary N) is 1. The Morgan fingerprint density at radius 3 is 2.81 bits per heavy atom. The quantitative estimate of drug-likeness (QED) is 0.386. The van der Waals surface area contributed by atoms with Gasteiger partial charge in [-0.2, -0.15) is 9.40 Å². The minimum atomic E-state index is -2.04. The second-order valence-electron chi connectivity index (χ2n) is 7.48. The van der Waals surface area contributed by atoms with E-state index in [4.69, 9.17) is 5.10 Å². The van der Waals surface area contributed by atoms with E-state index in [0.29, 0.717) is 12.5 Å². The van der Waals surface area contributed by atoms with Gasteiger partial charge in [0.2, 0.25) is 17.2 Å². The van der Waals surface area contributed by atoms with Crippen LogP contribution in [0.5, 0.6) is 0 Å². The van der Waals surface area contributed by atoms with Gasteiger partial charge in [-0.15, -0.1) is 5.10 Å². The highest BCUT2D eigenvalue weighted by molar-refractivity contribution is 7.76. The first kappa shape index (κ1) is 20.3. The first-order valence-electron chi connectivity index (χ1n) is 9.93. The van der Waals surface area contributed by atoms with Gasteiger partial charge in [-0.05, 0) is 35.9 Å². The second kappa shape index (κ2) is 8.15. The van der Waals surface area contributed by atoms with Gasteiger partial charge in [0.25, 0.3) is 0 Å². The fraction of sp³-hybridized carbons (Fsp3) is 0.136. The van der Waals surface area contributed by atoms with E-state index in [1.807, 2.05) is 77.0 Å². The normalized spacial score (nSPS) is 12.6. The van der Waals surface area contributed by atoms with Crippen LogP contribution in [0.15, 0.2) is 67.0 Å². The number of hydrogen-bond acceptors (Lipinski definition) is 5. The molecule has 3 aromatic heterocycles. The Bertz CT molecular complexity index is 1460. The molecule has 1 unspecified atom stereocenters. The lowest BCUT2D eigenvalue weighted by Crippen LogP contribution is -2.20. The Labute approximate surface area is 186 Å². The maximum absolute atomic E-state index is 11.4. The molecule has 0 saturated carbocycles. The highest BCUT2D eigenvalue weighted by Gasteiger charge is 2.14. The molecular formula is C22H21N7O2S. The average Bonchev–Trinajstić information content (AvgIpc) is 3.37. The van der Waals surface area contributed by atoms with Crippen molar-refractivity contribution < 1.29 is 8.76 Å². The largest absolute Gasteiger partial charge is 0.323 e. The summed E-state index contributed by atoms with van der Waals surface area (Å²) in [5, 5.41) is 13.3. The molecule has 0 aliphatic heterocycles. The Hall–Kier alpha value is -3.60. The molecule has 0 radical (unpaired) electrons. The number of benzene rings is 2. The number of aryl methyl sites for hydroxylation is 1. The first-order valence-corrected chi connectivity index (χ1v) is 11.0. The zero-order valence-corrected chi connectivity index (χ0v) is 18.3. The Balaban J connectivity index is 1.52. The molecule has 3 heterocycles. The van der Waals surface area contributed by atoms with Crippen LogP contribution in [-0.2, 0) is 24.9 Å². The molecule has 2 aromatic carbocycles. The fourth-order valence-electron chi connectivity index (χ4n) is 3.72. The van der Waals surface area contributed by atoms with Gasteiger partial charge >= 0.3 is 0 Å². The molecule has 32 heavy (non-hydrogen) atoms. The van der Waals surface area contributed by atoms with Crippen molar-refractivity contribution in [3.05, 3.63) is 72.6 Å². The molecule has 162 valence electrons. The van der Waals surface area contributed by atoms with Gasteiger partial charge in [0.15, 0.2) is 0 Å². The van der Waals surface area contributed by atoms with Crippen molar-refractivity contribution in [2.24, 2.45) is 7.05 Å². The number of anilines is 2. The third-order valence-electron chi connectivity index (χ3n) is 5.36. The molecule has 1 atom stereocenters. The standard InChI is InChI=1S/C22H21N7O2S/c1-27(32(30)31)14-16-5-3-4-6-19(16)20-10-9-18-13-23-22(26-29(18)20)25-17-8-7-15-12-24-28(2)21(15)11-17/h3-13H,14H2,1-2H3,(H,25,26)(H,30,31). The van der Waals surface area contributed by atoms with Crippen LogP contribution in [0.4, 0.5) is 11.6 Å². The molecule has 0 aliphatic carbocycles. The van der Waals surface area contributed by atoms with Crippen molar-refractivity contribution in [2.75, 3.05) is 12.4 Å². The molecule has 10 heteroatoms. The summed E-state index contributed by atoms with van der Waals surface area (Å²) in [7, 11) is 3.51. The number of aromatic nitrogens is 5. The van der Waals surface area contributed by atoms with Crippen molar-refractivity contribution in [1.82, 2.24) is 28.7 Å². The number of nitrogens with zero attached hydrogens (tertiary/aromatic N) is 6. The van der Waals surface area contributed by atoms with E-state index in [-0.39, 0.29) is 0 Å². The van der Waals surface area contributed by atoms with Crippen LogP contribution in [0.1, 0.15) is 5.56 Å². The highest BCUT2D eigenvalue weighted by atomic mass is 32.2. The Morgan fingerprint density at radius 1 is 1.12 bits per heavy atom. The lowest BCUT2D eigenvalue weighted by molar-refractivity contribution is 0.445. The zero-order chi connectivity index (χ0) is 22.2. The van der Waals surface area contributed by atoms with Crippen molar-refractivity contribution in [1.29, 1.82) is 0 Å². The predicted octanol–water partition coefficient (Wildman–Crippen LogP) is 3.60. The first-order chi connectivity index (χ1) is 15.5. The molecule has 5 aromatic rings. The van der Waals surface area contributed by atoms with E-state index >= 15 is 0 Å². The lowest BCUT2D eigenvalue weighted by Gasteiger charge is -2.15. The van der Waals surface area contributed by atoms with E-state index in [2.05, 4.69) is 15.4 Å². The van der Waals surface area contributed by atoms with Crippen LogP contribution >= 0.6 is 0 Å². The van der Waals surface area contributed by atoms with Crippen molar-refractivity contribution in [2.45, 2.75) is 6.54 Å². The molecular weight excluding hydrogens is 426 g/mol. The van der Waals surface area contributed by atoms with Crippen LogP contribution in [0, 0.1) is 0 Å². The Morgan fingerprint density at radius 2 is 1.97 bits per heavy atom. The number of rotatable bonds is 6. The molecule has 5 rings (SSSR count). The summed E-state index contributed by atoms with van der Waals surface area (Å²) < 4.78 is 25.8. The van der Waals surface area contributed by atoms with Crippen LogP contribution in [0.25, 0.3) is 27.7 Å². The predicted molar refractivity (Wildman–Crippen MR) is 125 cm³/mol. The van der Waals surface area contributed by atoms with Gasteiger partial charge in [-0.3, -0.25) is 9.23 Å². The SMILES string of the molecule is CN(Cc1ccccc1-c1ccc2cnc(Nc3ccc4cnn(C)c4c3)nn12)S(=O)O. The average molecular weight is 448 g/mol. The van der Waals surface area contributed by atoms with Crippen molar-refractivity contribution in [3.8, 4) is 11.3 Å². The minimum absolute atomic E-state index is 0.327. The molecule has 9 nitrogen and oxygen atoms in total. The summed E-state index contributed by atoms with van der Waals surface area (Å²) in [6.07, 6.45) is 3.59. The Kier molecular flexibility index (Phi) is 5.17. The van der Waals surface area contributed by atoms with Gasteiger partial charge < -0.3 is 5.32 Å². The highest BCUT2D eigenvalue weighted by Crippen LogP contribution is 2.27. The van der Waals surface area contributed by atoms with E-state index in [1.54, 1.807) is 13.2 Å². The third kappa shape index (κ3) is 3.75. The zero-order valence-electron chi connectivity index (χ0n) is 17.5. The summed E-state index contributed by atoms with van der Waals surface area (Å²) >= 11 is -2.04. The van der Waals surface area contributed by atoms with Gasteiger partial charge in [0.1, 0.15) is 0 Å². The summed E-state index contributed by atoms with van der Waals surface area (Å²) in [5.74, 6) is 0.461. The van der Waals surface area contributed by atoms with Gasteiger partial charge in [-0.1, -0.05) is 24.3 Å². The molecule has 2 N–H and O–H groups in total. The lowest BCUT2D eigenvalue weighted by atomic mass is 10.0. The summed E-state index contributed by atoms with van der Waals surface area (Å²) in [4.78, 5) is 4.45. The van der Waals surface area contributed by atoms with Crippen molar-refractivity contribution >= 4 is 39.3 Å². The summed E-state index contributed by atoms with van der Waals surface area (Å²) in [6, 6.07) is 17.7. The molecule has 0 saturated heterocycles. The van der Waals surface area contributed by atoms with Crippen LogP contribution in [-0.4, -0.2) is 44.5 Å².